The molecule has 0 aliphatic rings. The Labute approximate surface area is 250 Å². The van der Waals surface area contributed by atoms with Crippen molar-refractivity contribution in [2.45, 2.75) is 0 Å². The third kappa shape index (κ3) is 7.90. The summed E-state index contributed by atoms with van der Waals surface area (Å²) in [5.41, 5.74) is 0.757. The van der Waals surface area contributed by atoms with Crippen molar-refractivity contribution in [2.24, 2.45) is 0 Å². The summed E-state index contributed by atoms with van der Waals surface area (Å²) in [6, 6.07) is 11.4. The van der Waals surface area contributed by atoms with Crippen LogP contribution in [0.5, 0.6) is 23.3 Å². The van der Waals surface area contributed by atoms with Crippen LogP contribution in [0, 0.1) is 0 Å². The van der Waals surface area contributed by atoms with Gasteiger partial charge in [-0.25, -0.2) is 24.2 Å². The summed E-state index contributed by atoms with van der Waals surface area (Å²) in [4.78, 5) is 34.8. The first-order valence-electron chi connectivity index (χ1n) is 12.3. The Morgan fingerprint density at radius 3 is 2.45 bits per heavy atom. The van der Waals surface area contributed by atoms with Gasteiger partial charge in [0.05, 0.1) is 23.5 Å². The van der Waals surface area contributed by atoms with Crippen LogP contribution in [-0.2, 0) is 0 Å². The number of halogens is 2. The van der Waals surface area contributed by atoms with E-state index in [-0.39, 0.29) is 44.9 Å². The maximum absolute atomic E-state index is 12.8. The Bertz CT molecular complexity index is 1560. The van der Waals surface area contributed by atoms with E-state index in [2.05, 4.69) is 36.3 Å². The molecule has 4 rings (SSSR count). The smallest absolute Gasteiger partial charge is 0.324 e. The number of carbonyl (C=O) groups is 2. The molecule has 2 aromatic heterocycles. The van der Waals surface area contributed by atoms with Crippen molar-refractivity contribution < 1.29 is 24.2 Å². The third-order valence-electron chi connectivity index (χ3n) is 5.49. The van der Waals surface area contributed by atoms with Crippen LogP contribution in [0.3, 0.4) is 0 Å². The number of urea groups is 2. The molecule has 0 bridgehead atoms. The molecule has 220 valence electrons. The van der Waals surface area contributed by atoms with Crippen LogP contribution in [0.4, 0.5) is 26.9 Å². The van der Waals surface area contributed by atoms with Crippen molar-refractivity contribution in [3.63, 3.8) is 0 Å². The largest absolute Gasteiger partial charge is 0.497 e. The molecular formula is C26H27Cl2N9O5. The second kappa shape index (κ2) is 13.7. The zero-order chi connectivity index (χ0) is 30.2. The Balaban J connectivity index is 1.40. The second-order valence-corrected chi connectivity index (χ2v) is 9.60. The van der Waals surface area contributed by atoms with E-state index >= 15 is 0 Å². The van der Waals surface area contributed by atoms with Gasteiger partial charge in [0.25, 0.3) is 0 Å². The minimum atomic E-state index is -0.674. The molecule has 2 aromatic carbocycles. The lowest BCUT2D eigenvalue weighted by molar-refractivity contribution is 0.250. The Kier molecular flexibility index (Phi) is 9.85. The number of hydrogen-bond acceptors (Lipinski definition) is 9. The number of anilines is 3. The van der Waals surface area contributed by atoms with Gasteiger partial charge < -0.3 is 30.1 Å². The highest BCUT2D eigenvalue weighted by Gasteiger charge is 2.17. The van der Waals surface area contributed by atoms with Crippen LogP contribution in [0.25, 0.3) is 5.69 Å². The number of methoxy groups -OCH3 is 1. The van der Waals surface area contributed by atoms with Crippen molar-refractivity contribution >= 4 is 52.6 Å². The van der Waals surface area contributed by atoms with E-state index in [1.54, 1.807) is 31.4 Å². The Morgan fingerprint density at radius 1 is 0.976 bits per heavy atom. The van der Waals surface area contributed by atoms with Crippen molar-refractivity contribution in [1.29, 1.82) is 0 Å². The number of rotatable bonds is 10. The van der Waals surface area contributed by atoms with Gasteiger partial charge in [-0.1, -0.05) is 23.2 Å². The Morgan fingerprint density at radius 2 is 1.74 bits per heavy atom. The van der Waals surface area contributed by atoms with E-state index < -0.39 is 12.1 Å². The lowest BCUT2D eigenvalue weighted by atomic mass is 10.3. The number of carbonyl (C=O) groups excluding carboxylic acids is 2. The minimum Gasteiger partial charge on any atom is -0.497 e. The fourth-order valence-corrected chi connectivity index (χ4v) is 3.89. The summed E-state index contributed by atoms with van der Waals surface area (Å²) in [7, 11) is 5.34. The molecular weight excluding hydrogens is 589 g/mol. The lowest BCUT2D eigenvalue weighted by Crippen LogP contribution is -2.34. The van der Waals surface area contributed by atoms with Gasteiger partial charge in [0.1, 0.15) is 34.5 Å². The highest BCUT2D eigenvalue weighted by atomic mass is 35.5. The van der Waals surface area contributed by atoms with E-state index in [0.717, 1.165) is 0 Å². The number of aromatic nitrogens is 4. The molecule has 4 amide bonds. The molecule has 42 heavy (non-hydrogen) atoms. The van der Waals surface area contributed by atoms with Crippen molar-refractivity contribution in [1.82, 2.24) is 30.0 Å². The first kappa shape index (κ1) is 30.2. The van der Waals surface area contributed by atoms with Gasteiger partial charge in [-0.2, -0.15) is 0 Å². The molecule has 0 aliphatic carbocycles. The molecule has 0 unspecified atom stereocenters. The normalized spacial score (nSPS) is 10.7. The highest BCUT2D eigenvalue weighted by Crippen LogP contribution is 2.39. The Hall–Kier alpha value is -4.79. The van der Waals surface area contributed by atoms with Gasteiger partial charge in [0.15, 0.2) is 0 Å². The monoisotopic (exact) mass is 615 g/mol. The van der Waals surface area contributed by atoms with E-state index in [4.69, 9.17) is 32.7 Å². The molecule has 14 nitrogen and oxygen atoms in total. The van der Waals surface area contributed by atoms with Gasteiger partial charge >= 0.3 is 12.1 Å². The summed E-state index contributed by atoms with van der Waals surface area (Å²) in [5.74, 6) is 0.983. The summed E-state index contributed by atoms with van der Waals surface area (Å²) >= 11 is 12.8. The van der Waals surface area contributed by atoms with Crippen molar-refractivity contribution in [3.8, 4) is 28.9 Å². The lowest BCUT2D eigenvalue weighted by Gasteiger charge is -2.14. The summed E-state index contributed by atoms with van der Waals surface area (Å²) in [6.07, 6.45) is 1.22. The van der Waals surface area contributed by atoms with Crippen LogP contribution < -0.4 is 30.7 Å². The molecule has 16 heteroatoms. The van der Waals surface area contributed by atoms with E-state index in [0.29, 0.717) is 24.5 Å². The molecule has 5 N–H and O–H groups in total. The van der Waals surface area contributed by atoms with Gasteiger partial charge in [0.2, 0.25) is 11.8 Å². The summed E-state index contributed by atoms with van der Waals surface area (Å²) in [5, 5.41) is 24.5. The van der Waals surface area contributed by atoms with Crippen LogP contribution in [0.1, 0.15) is 0 Å². The zero-order valence-corrected chi connectivity index (χ0v) is 24.2. The van der Waals surface area contributed by atoms with Crippen LogP contribution in [-0.4, -0.2) is 76.1 Å². The van der Waals surface area contributed by atoms with E-state index in [1.807, 2.05) is 19.0 Å². The average molecular weight is 616 g/mol. The maximum Gasteiger partial charge on any atom is 0.324 e. The molecule has 0 atom stereocenters. The summed E-state index contributed by atoms with van der Waals surface area (Å²) < 4.78 is 12.2. The zero-order valence-electron chi connectivity index (χ0n) is 22.7. The first-order chi connectivity index (χ1) is 20.1. The number of ether oxygens (including phenoxy) is 2. The van der Waals surface area contributed by atoms with Gasteiger partial charge in [0, 0.05) is 25.2 Å². The predicted molar refractivity (Wildman–Crippen MR) is 159 cm³/mol. The number of hydrogen-bond donors (Lipinski definition) is 5. The first-order valence-corrected chi connectivity index (χ1v) is 13.1. The molecule has 2 heterocycles. The molecule has 0 spiro atoms. The van der Waals surface area contributed by atoms with Crippen molar-refractivity contribution in [3.05, 3.63) is 64.9 Å². The average Bonchev–Trinajstić information content (AvgIpc) is 3.32. The topological polar surface area (TPSA) is 168 Å². The number of nitrogens with one attached hydrogen (secondary N) is 4. The van der Waals surface area contributed by atoms with Crippen molar-refractivity contribution in [2.75, 3.05) is 50.2 Å². The molecule has 0 fully saturated rings. The number of aromatic hydroxyl groups is 1. The number of benzene rings is 2. The second-order valence-electron chi connectivity index (χ2n) is 8.84. The van der Waals surface area contributed by atoms with E-state index in [9.17, 15) is 14.7 Å². The molecule has 4 aromatic rings. The fraction of sp³-hybridized carbons (Fsp3) is 0.192. The number of nitrogens with zero attached hydrogens (tertiary/aromatic N) is 5. The quantitative estimate of drug-likeness (QED) is 0.168. The summed E-state index contributed by atoms with van der Waals surface area (Å²) in [6.45, 7) is 1.13. The molecule has 0 saturated heterocycles. The molecule has 0 saturated carbocycles. The van der Waals surface area contributed by atoms with Gasteiger partial charge in [-0.05, 0) is 50.5 Å². The van der Waals surface area contributed by atoms with Crippen LogP contribution in [0.2, 0.25) is 10.0 Å². The fourth-order valence-electron chi connectivity index (χ4n) is 3.48. The number of amides is 4. The maximum atomic E-state index is 12.8. The van der Waals surface area contributed by atoms with Crippen LogP contribution >= 0.6 is 23.2 Å². The SMILES string of the molecule is COc1ccc(-n2nc(O)cc2NC(=O)Nc2ccc(Oc3cc(NC(=O)NCCN(C)C)ncn3)c(Cl)c2Cl)cc1. The van der Waals surface area contributed by atoms with E-state index in [1.165, 1.54) is 35.3 Å². The number of likely N-dealkylation sites (N-methyl/N-ethyl adjacent to an activating group) is 1. The van der Waals surface area contributed by atoms with Gasteiger partial charge in [-0.15, -0.1) is 5.10 Å². The van der Waals surface area contributed by atoms with Crippen LogP contribution in [0.15, 0.2) is 54.9 Å². The third-order valence-corrected chi connectivity index (χ3v) is 6.36. The molecule has 0 aliphatic heterocycles. The minimum absolute atomic E-state index is 0.00324. The van der Waals surface area contributed by atoms with Gasteiger partial charge in [-0.3, -0.25) is 10.6 Å². The predicted octanol–water partition coefficient (Wildman–Crippen LogP) is 4.80. The molecule has 0 radical (unpaired) electrons. The standard InChI is InChI=1S/C26H27Cl2N9O5/c1-36(2)11-10-29-25(39)33-19-12-22(31-14-30-19)42-18-9-8-17(23(27)24(18)28)32-26(40)34-20-13-21(38)35-37(20)15-4-6-16(41-3)7-5-15/h4-9,12-14H,10-11H2,1-3H3,(H,35,38)(H2,32,34,40)(H2,29,30,31,33,39). The highest BCUT2D eigenvalue weighted by molar-refractivity contribution is 6.45.